The highest BCUT2D eigenvalue weighted by molar-refractivity contribution is 6.30. The van der Waals surface area contributed by atoms with Crippen molar-refractivity contribution in [1.29, 1.82) is 0 Å². The molecule has 26 heavy (non-hydrogen) atoms. The van der Waals surface area contributed by atoms with Gasteiger partial charge in [-0.25, -0.2) is 0 Å². The van der Waals surface area contributed by atoms with Crippen molar-refractivity contribution < 1.29 is 14.3 Å². The monoisotopic (exact) mass is 370 g/mol. The highest BCUT2D eigenvalue weighted by atomic mass is 35.5. The quantitative estimate of drug-likeness (QED) is 0.816. The van der Waals surface area contributed by atoms with Gasteiger partial charge in [0.2, 0.25) is 0 Å². The van der Waals surface area contributed by atoms with Crippen molar-refractivity contribution in [1.82, 2.24) is 9.80 Å². The number of piperazine rings is 1. The maximum atomic E-state index is 12.8. The summed E-state index contributed by atoms with van der Waals surface area (Å²) in [6, 6.07) is 12.5. The number of halogens is 1. The highest BCUT2D eigenvalue weighted by Crippen LogP contribution is 2.26. The lowest BCUT2D eigenvalue weighted by Crippen LogP contribution is -2.50. The average molecular weight is 371 g/mol. The van der Waals surface area contributed by atoms with Crippen molar-refractivity contribution in [2.75, 3.05) is 32.8 Å². The average Bonchev–Trinajstić information content (AvgIpc) is 3.15. The Kier molecular flexibility index (Phi) is 4.55. The number of benzene rings is 2. The molecule has 2 aromatic carbocycles. The molecule has 0 unspecified atom stereocenters. The molecular weight excluding hydrogens is 352 g/mol. The summed E-state index contributed by atoms with van der Waals surface area (Å²) in [5, 5.41) is 0.608. The van der Waals surface area contributed by atoms with Gasteiger partial charge < -0.3 is 14.5 Å². The Morgan fingerprint density at radius 2 is 1.42 bits per heavy atom. The van der Waals surface area contributed by atoms with E-state index < -0.39 is 0 Å². The molecule has 134 valence electrons. The molecule has 2 aliphatic rings. The summed E-state index contributed by atoms with van der Waals surface area (Å²) in [5.41, 5.74) is 2.40. The molecule has 1 fully saturated rings. The van der Waals surface area contributed by atoms with Gasteiger partial charge in [-0.05, 0) is 48.0 Å². The van der Waals surface area contributed by atoms with Gasteiger partial charge in [0.1, 0.15) is 5.75 Å². The topological polar surface area (TPSA) is 49.9 Å². The van der Waals surface area contributed by atoms with Crippen LogP contribution in [0.2, 0.25) is 5.02 Å². The van der Waals surface area contributed by atoms with Crippen LogP contribution < -0.4 is 4.74 Å². The highest BCUT2D eigenvalue weighted by Gasteiger charge is 2.26. The molecule has 2 aromatic rings. The molecule has 2 heterocycles. The molecule has 0 aromatic heterocycles. The molecular formula is C20H19ClN2O3. The maximum absolute atomic E-state index is 12.8. The van der Waals surface area contributed by atoms with Gasteiger partial charge in [-0.15, -0.1) is 0 Å². The fourth-order valence-corrected chi connectivity index (χ4v) is 3.52. The van der Waals surface area contributed by atoms with Crippen LogP contribution in [0.5, 0.6) is 5.75 Å². The van der Waals surface area contributed by atoms with Gasteiger partial charge in [-0.1, -0.05) is 11.6 Å². The van der Waals surface area contributed by atoms with E-state index in [1.54, 1.807) is 29.2 Å². The summed E-state index contributed by atoms with van der Waals surface area (Å²) in [6.45, 7) is 2.80. The van der Waals surface area contributed by atoms with Gasteiger partial charge in [-0.3, -0.25) is 9.59 Å². The number of fused-ring (bicyclic) bond motifs is 1. The van der Waals surface area contributed by atoms with Gasteiger partial charge in [0.25, 0.3) is 11.8 Å². The summed E-state index contributed by atoms with van der Waals surface area (Å²) in [7, 11) is 0. The van der Waals surface area contributed by atoms with E-state index in [-0.39, 0.29) is 11.8 Å². The molecule has 0 aliphatic carbocycles. The summed E-state index contributed by atoms with van der Waals surface area (Å²) < 4.78 is 5.49. The number of rotatable bonds is 2. The van der Waals surface area contributed by atoms with E-state index in [4.69, 9.17) is 16.3 Å². The smallest absolute Gasteiger partial charge is 0.253 e. The molecule has 0 saturated carbocycles. The standard InChI is InChI=1S/C20H19ClN2O3/c21-17-4-1-14(2-5-17)19(24)22-8-10-23(11-9-22)20(25)16-3-6-18-15(13-16)7-12-26-18/h1-6,13H,7-12H2. The second kappa shape index (κ2) is 7.00. The van der Waals surface area contributed by atoms with Crippen LogP contribution in [0.1, 0.15) is 26.3 Å². The van der Waals surface area contributed by atoms with E-state index in [1.807, 2.05) is 23.1 Å². The summed E-state index contributed by atoms with van der Waals surface area (Å²) in [5.74, 6) is 0.863. The third-order valence-electron chi connectivity index (χ3n) is 4.88. The summed E-state index contributed by atoms with van der Waals surface area (Å²) >= 11 is 5.87. The SMILES string of the molecule is O=C(c1ccc(Cl)cc1)N1CCN(C(=O)c2ccc3c(c2)CCO3)CC1. The zero-order valence-corrected chi connectivity index (χ0v) is 15.0. The predicted molar refractivity (Wildman–Crippen MR) is 98.9 cm³/mol. The third-order valence-corrected chi connectivity index (χ3v) is 5.13. The fraction of sp³-hybridized carbons (Fsp3) is 0.300. The largest absolute Gasteiger partial charge is 0.493 e. The number of nitrogens with zero attached hydrogens (tertiary/aromatic N) is 2. The van der Waals surface area contributed by atoms with Crippen LogP contribution in [0.25, 0.3) is 0 Å². The Hall–Kier alpha value is -2.53. The number of hydrogen-bond acceptors (Lipinski definition) is 3. The van der Waals surface area contributed by atoms with Crippen molar-refractivity contribution in [2.24, 2.45) is 0 Å². The van der Waals surface area contributed by atoms with E-state index in [2.05, 4.69) is 0 Å². The first-order valence-electron chi connectivity index (χ1n) is 8.72. The van der Waals surface area contributed by atoms with Crippen LogP contribution in [-0.2, 0) is 6.42 Å². The number of ether oxygens (including phenoxy) is 1. The zero-order valence-electron chi connectivity index (χ0n) is 14.3. The van der Waals surface area contributed by atoms with E-state index in [0.29, 0.717) is 48.9 Å². The molecule has 0 radical (unpaired) electrons. The Morgan fingerprint density at radius 1 is 0.846 bits per heavy atom. The Labute approximate surface area is 157 Å². The lowest BCUT2D eigenvalue weighted by atomic mass is 10.1. The van der Waals surface area contributed by atoms with E-state index in [9.17, 15) is 9.59 Å². The molecule has 1 saturated heterocycles. The molecule has 0 atom stereocenters. The minimum absolute atomic E-state index is 0.0123. The third kappa shape index (κ3) is 3.27. The molecule has 0 bridgehead atoms. The Balaban J connectivity index is 1.39. The number of carbonyl (C=O) groups is 2. The minimum atomic E-state index is -0.0246. The van der Waals surface area contributed by atoms with E-state index in [1.165, 1.54) is 0 Å². The second-order valence-electron chi connectivity index (χ2n) is 6.51. The van der Waals surface area contributed by atoms with Crippen LogP contribution in [0.15, 0.2) is 42.5 Å². The van der Waals surface area contributed by atoms with Crippen molar-refractivity contribution in [3.05, 3.63) is 64.2 Å². The molecule has 5 nitrogen and oxygen atoms in total. The molecule has 2 aliphatic heterocycles. The second-order valence-corrected chi connectivity index (χ2v) is 6.95. The van der Waals surface area contributed by atoms with Crippen molar-refractivity contribution in [3.63, 3.8) is 0 Å². The van der Waals surface area contributed by atoms with Crippen LogP contribution in [0.3, 0.4) is 0 Å². The van der Waals surface area contributed by atoms with Crippen molar-refractivity contribution in [3.8, 4) is 5.75 Å². The maximum Gasteiger partial charge on any atom is 0.253 e. The molecule has 0 N–H and O–H groups in total. The lowest BCUT2D eigenvalue weighted by molar-refractivity contribution is 0.0535. The number of hydrogen-bond donors (Lipinski definition) is 0. The first kappa shape index (κ1) is 16.9. The van der Waals surface area contributed by atoms with Gasteiger partial charge in [0.05, 0.1) is 6.61 Å². The normalized spacial score (nSPS) is 16.2. The molecule has 2 amide bonds. The van der Waals surface area contributed by atoms with Gasteiger partial charge in [-0.2, -0.15) is 0 Å². The van der Waals surface area contributed by atoms with Crippen LogP contribution >= 0.6 is 11.6 Å². The van der Waals surface area contributed by atoms with Crippen LogP contribution in [-0.4, -0.2) is 54.4 Å². The van der Waals surface area contributed by atoms with Gasteiger partial charge >= 0.3 is 0 Å². The van der Waals surface area contributed by atoms with Crippen LogP contribution in [0.4, 0.5) is 0 Å². The Bertz CT molecular complexity index is 843. The van der Waals surface area contributed by atoms with Crippen molar-refractivity contribution in [2.45, 2.75) is 6.42 Å². The predicted octanol–water partition coefficient (Wildman–Crippen LogP) is 2.87. The first-order chi connectivity index (χ1) is 12.6. The Morgan fingerprint density at radius 3 is 2.08 bits per heavy atom. The van der Waals surface area contributed by atoms with Crippen molar-refractivity contribution >= 4 is 23.4 Å². The molecule has 4 rings (SSSR count). The lowest BCUT2D eigenvalue weighted by Gasteiger charge is -2.35. The van der Waals surface area contributed by atoms with E-state index >= 15 is 0 Å². The minimum Gasteiger partial charge on any atom is -0.493 e. The summed E-state index contributed by atoms with van der Waals surface area (Å²) in [4.78, 5) is 28.9. The summed E-state index contributed by atoms with van der Waals surface area (Å²) in [6.07, 6.45) is 0.847. The van der Waals surface area contributed by atoms with Gasteiger partial charge in [0, 0.05) is 48.7 Å². The molecule has 6 heteroatoms. The van der Waals surface area contributed by atoms with E-state index in [0.717, 1.165) is 17.7 Å². The number of amides is 2. The molecule has 0 spiro atoms. The number of carbonyl (C=O) groups excluding carboxylic acids is 2. The fourth-order valence-electron chi connectivity index (χ4n) is 3.39. The van der Waals surface area contributed by atoms with Crippen LogP contribution in [0, 0.1) is 0 Å². The van der Waals surface area contributed by atoms with Gasteiger partial charge in [0.15, 0.2) is 0 Å². The first-order valence-corrected chi connectivity index (χ1v) is 9.09. The zero-order chi connectivity index (χ0) is 18.1.